The number of rotatable bonds is 4. The maximum absolute atomic E-state index is 11.4. The molecule has 4 nitrogen and oxygen atoms in total. The Morgan fingerprint density at radius 2 is 2.07 bits per heavy atom. The highest BCUT2D eigenvalue weighted by Crippen LogP contribution is 2.03. The SMILES string of the molecule is CC(C)C(=O)CC(=O)c1cnccn1. The van der Waals surface area contributed by atoms with Gasteiger partial charge in [0.15, 0.2) is 5.78 Å². The quantitative estimate of drug-likeness (QED) is 0.532. The molecule has 0 aromatic carbocycles. The largest absolute Gasteiger partial charge is 0.299 e. The first-order chi connectivity index (χ1) is 6.61. The van der Waals surface area contributed by atoms with Crippen LogP contribution in [0.3, 0.4) is 0 Å². The molecule has 1 aromatic heterocycles. The Balaban J connectivity index is 2.65. The van der Waals surface area contributed by atoms with Crippen molar-refractivity contribution in [3.05, 3.63) is 24.3 Å². The summed E-state index contributed by atoms with van der Waals surface area (Å²) in [6, 6.07) is 0. The number of carbonyl (C=O) groups is 2. The first-order valence-electron chi connectivity index (χ1n) is 4.43. The number of hydrogen-bond acceptors (Lipinski definition) is 4. The minimum Gasteiger partial charge on any atom is -0.299 e. The monoisotopic (exact) mass is 192 g/mol. The molecule has 0 atom stereocenters. The van der Waals surface area contributed by atoms with Crippen molar-refractivity contribution in [1.82, 2.24) is 9.97 Å². The zero-order valence-corrected chi connectivity index (χ0v) is 8.23. The Morgan fingerprint density at radius 3 is 2.57 bits per heavy atom. The van der Waals surface area contributed by atoms with Crippen LogP contribution in [0.25, 0.3) is 0 Å². The number of aromatic nitrogens is 2. The lowest BCUT2D eigenvalue weighted by Gasteiger charge is -2.01. The van der Waals surface area contributed by atoms with E-state index in [9.17, 15) is 9.59 Å². The van der Waals surface area contributed by atoms with Crippen LogP contribution < -0.4 is 0 Å². The molecule has 0 saturated carbocycles. The Hall–Kier alpha value is -1.58. The second-order valence-corrected chi connectivity index (χ2v) is 3.31. The Labute approximate surface area is 82.4 Å². The summed E-state index contributed by atoms with van der Waals surface area (Å²) in [4.78, 5) is 30.3. The van der Waals surface area contributed by atoms with Gasteiger partial charge in [-0.3, -0.25) is 14.6 Å². The topological polar surface area (TPSA) is 59.9 Å². The summed E-state index contributed by atoms with van der Waals surface area (Å²) in [5.74, 6) is -0.451. The molecule has 0 bridgehead atoms. The van der Waals surface area contributed by atoms with Crippen molar-refractivity contribution in [2.45, 2.75) is 20.3 Å². The van der Waals surface area contributed by atoms with Gasteiger partial charge in [-0.15, -0.1) is 0 Å². The lowest BCUT2D eigenvalue weighted by atomic mass is 10.0. The number of Topliss-reactive ketones (excluding diaryl/α,β-unsaturated/α-hetero) is 2. The van der Waals surface area contributed by atoms with E-state index < -0.39 is 0 Å². The summed E-state index contributed by atoms with van der Waals surface area (Å²) < 4.78 is 0. The molecule has 0 aliphatic carbocycles. The molecule has 0 radical (unpaired) electrons. The summed E-state index contributed by atoms with van der Waals surface area (Å²) in [6.45, 7) is 3.54. The molecule has 0 spiro atoms. The molecule has 1 rings (SSSR count). The summed E-state index contributed by atoms with van der Waals surface area (Å²) in [6.07, 6.45) is 4.21. The van der Waals surface area contributed by atoms with E-state index in [4.69, 9.17) is 0 Å². The van der Waals surface area contributed by atoms with Crippen LogP contribution >= 0.6 is 0 Å². The molecule has 0 amide bonds. The molecule has 0 saturated heterocycles. The second-order valence-electron chi connectivity index (χ2n) is 3.31. The molecule has 0 aliphatic heterocycles. The van der Waals surface area contributed by atoms with Crippen LogP contribution in [0, 0.1) is 5.92 Å². The van der Waals surface area contributed by atoms with Gasteiger partial charge in [0.05, 0.1) is 12.6 Å². The van der Waals surface area contributed by atoms with Gasteiger partial charge in [0.25, 0.3) is 0 Å². The van der Waals surface area contributed by atoms with Crippen molar-refractivity contribution >= 4 is 11.6 Å². The van der Waals surface area contributed by atoms with Crippen LogP contribution in [-0.2, 0) is 4.79 Å². The molecule has 0 unspecified atom stereocenters. The predicted molar refractivity (Wildman–Crippen MR) is 50.8 cm³/mol. The molecular formula is C10H12N2O2. The fourth-order valence-electron chi connectivity index (χ4n) is 0.896. The number of nitrogens with zero attached hydrogens (tertiary/aromatic N) is 2. The maximum Gasteiger partial charge on any atom is 0.190 e. The van der Waals surface area contributed by atoms with Crippen LogP contribution in [0.4, 0.5) is 0 Å². The molecule has 14 heavy (non-hydrogen) atoms. The van der Waals surface area contributed by atoms with Gasteiger partial charge >= 0.3 is 0 Å². The molecule has 1 aromatic rings. The standard InChI is InChI=1S/C10H12N2O2/c1-7(2)9(13)5-10(14)8-6-11-3-4-12-8/h3-4,6-7H,5H2,1-2H3. The molecule has 74 valence electrons. The van der Waals surface area contributed by atoms with E-state index in [1.165, 1.54) is 18.6 Å². The third-order valence-electron chi connectivity index (χ3n) is 1.83. The van der Waals surface area contributed by atoms with E-state index in [0.29, 0.717) is 0 Å². The predicted octanol–water partition coefficient (Wildman–Crippen LogP) is 1.27. The lowest BCUT2D eigenvalue weighted by molar-refractivity contribution is -0.121. The lowest BCUT2D eigenvalue weighted by Crippen LogP contribution is -2.14. The van der Waals surface area contributed by atoms with Crippen molar-refractivity contribution in [3.8, 4) is 0 Å². The van der Waals surface area contributed by atoms with Gasteiger partial charge in [-0.1, -0.05) is 13.8 Å². The first kappa shape index (κ1) is 10.5. The summed E-state index contributed by atoms with van der Waals surface area (Å²) in [5, 5.41) is 0. The number of carbonyl (C=O) groups excluding carboxylic acids is 2. The highest BCUT2D eigenvalue weighted by molar-refractivity contribution is 6.07. The highest BCUT2D eigenvalue weighted by Gasteiger charge is 2.15. The van der Waals surface area contributed by atoms with Crippen LogP contribution in [0.5, 0.6) is 0 Å². The molecule has 0 N–H and O–H groups in total. The molecular weight excluding hydrogens is 180 g/mol. The summed E-state index contributed by atoms with van der Waals surface area (Å²) in [7, 11) is 0. The average Bonchev–Trinajstić information content (AvgIpc) is 2.19. The zero-order valence-electron chi connectivity index (χ0n) is 8.23. The van der Waals surface area contributed by atoms with Crippen molar-refractivity contribution in [2.75, 3.05) is 0 Å². The van der Waals surface area contributed by atoms with Crippen molar-refractivity contribution in [3.63, 3.8) is 0 Å². The molecule has 0 aliphatic rings. The fourth-order valence-corrected chi connectivity index (χ4v) is 0.896. The van der Waals surface area contributed by atoms with Crippen LogP contribution in [0.1, 0.15) is 30.8 Å². The van der Waals surface area contributed by atoms with E-state index in [0.717, 1.165) is 0 Å². The van der Waals surface area contributed by atoms with Crippen LogP contribution in [-0.4, -0.2) is 21.5 Å². The molecule has 1 heterocycles. The highest BCUT2D eigenvalue weighted by atomic mass is 16.1. The van der Waals surface area contributed by atoms with Crippen LogP contribution in [0.15, 0.2) is 18.6 Å². The molecule has 4 heteroatoms. The van der Waals surface area contributed by atoms with E-state index >= 15 is 0 Å². The van der Waals surface area contributed by atoms with Crippen molar-refractivity contribution < 1.29 is 9.59 Å². The molecule has 0 fully saturated rings. The zero-order chi connectivity index (χ0) is 10.6. The van der Waals surface area contributed by atoms with E-state index in [1.807, 2.05) is 0 Å². The third-order valence-corrected chi connectivity index (χ3v) is 1.83. The summed E-state index contributed by atoms with van der Waals surface area (Å²) in [5.41, 5.74) is 0.251. The Bertz CT molecular complexity index is 333. The van der Waals surface area contributed by atoms with Gasteiger partial charge < -0.3 is 0 Å². The average molecular weight is 192 g/mol. The first-order valence-corrected chi connectivity index (χ1v) is 4.43. The third kappa shape index (κ3) is 2.73. The van der Waals surface area contributed by atoms with Gasteiger partial charge in [0, 0.05) is 18.3 Å². The Kier molecular flexibility index (Phi) is 3.45. The van der Waals surface area contributed by atoms with Gasteiger partial charge in [0.1, 0.15) is 11.5 Å². The number of hydrogen-bond donors (Lipinski definition) is 0. The summed E-state index contributed by atoms with van der Waals surface area (Å²) >= 11 is 0. The normalized spacial score (nSPS) is 10.2. The smallest absolute Gasteiger partial charge is 0.190 e. The van der Waals surface area contributed by atoms with Crippen LogP contribution in [0.2, 0.25) is 0 Å². The fraction of sp³-hybridized carbons (Fsp3) is 0.400. The second kappa shape index (κ2) is 4.60. The van der Waals surface area contributed by atoms with Gasteiger partial charge in [-0.2, -0.15) is 0 Å². The minimum atomic E-state index is -0.267. The van der Waals surface area contributed by atoms with E-state index in [-0.39, 0.29) is 29.6 Å². The van der Waals surface area contributed by atoms with E-state index in [1.54, 1.807) is 13.8 Å². The maximum atomic E-state index is 11.4. The minimum absolute atomic E-state index is 0.0688. The van der Waals surface area contributed by atoms with E-state index in [2.05, 4.69) is 9.97 Å². The van der Waals surface area contributed by atoms with Crippen molar-refractivity contribution in [1.29, 1.82) is 0 Å². The van der Waals surface area contributed by atoms with Crippen molar-refractivity contribution in [2.24, 2.45) is 5.92 Å². The Morgan fingerprint density at radius 1 is 1.36 bits per heavy atom. The van der Waals surface area contributed by atoms with Gasteiger partial charge in [-0.25, -0.2) is 4.98 Å². The number of ketones is 2. The van der Waals surface area contributed by atoms with Gasteiger partial charge in [-0.05, 0) is 0 Å². The van der Waals surface area contributed by atoms with Gasteiger partial charge in [0.2, 0.25) is 0 Å².